The minimum atomic E-state index is -1.00. The van der Waals surface area contributed by atoms with E-state index < -0.39 is 19.0 Å². The van der Waals surface area contributed by atoms with Gasteiger partial charge in [-0.1, -0.05) is 51.4 Å². The molecule has 0 saturated carbocycles. The lowest BCUT2D eigenvalue weighted by Crippen LogP contribution is -2.36. The molecular formula is C37H40Br2FN9O5. The molecule has 6 heterocycles. The maximum atomic E-state index is 12.3. The molecule has 284 valence electrons. The molecule has 17 heteroatoms. The van der Waals surface area contributed by atoms with Crippen molar-refractivity contribution < 1.29 is 29.6 Å². The molecule has 14 nitrogen and oxygen atoms in total. The number of nitrogens with two attached hydrogens (primary N) is 1. The number of halogens is 3. The molecule has 2 saturated heterocycles. The Morgan fingerprint density at radius 1 is 0.759 bits per heavy atom. The number of amides is 1. The Bertz CT molecular complexity index is 2260. The molecule has 2 aromatic carbocycles. The molecular weight excluding hydrogens is 829 g/mol. The van der Waals surface area contributed by atoms with Gasteiger partial charge in [-0.25, -0.2) is 24.1 Å². The van der Waals surface area contributed by atoms with Crippen LogP contribution in [0.25, 0.3) is 33.4 Å². The molecule has 8 rings (SSSR count). The van der Waals surface area contributed by atoms with E-state index in [1.807, 2.05) is 66.9 Å². The number of anilines is 2. The number of carbonyl (C=O) groups is 2. The standard InChI is InChI=1S/C18H17BrN4O3.C17H16BrN5O2.CH3F.CH4/c1-25-18(24)16-15-10-14(22-5-7-26-8-6-22)11-20-17(15)23(21-16)13-4-2-3-12(19)9-13;18-11-2-1-3-12(8-11)23-17-14(15(21-23)16(19)24)9-13(10-20-17)22-4-6-25-7-5-22;1-2;/h2-4,9-11H,5-8H2,1H3;1-3,8-10H,4-7H2,(H2,19,24);1H3;1H4/i;;1D;. The first-order chi connectivity index (χ1) is 26.2. The molecule has 2 N–H and O–H groups in total. The van der Waals surface area contributed by atoms with Crippen LogP contribution in [-0.2, 0) is 14.2 Å². The number of hydrogen-bond acceptors (Lipinski definition) is 11. The zero-order chi connectivity index (χ0) is 38.2. The van der Waals surface area contributed by atoms with Crippen LogP contribution in [0, 0.1) is 0 Å². The largest absolute Gasteiger partial charge is 0.464 e. The van der Waals surface area contributed by atoms with Crippen molar-refractivity contribution >= 4 is 77.2 Å². The number of carbonyl (C=O) groups excluding carboxylic acids is 2. The SMILES string of the molecule is C.COC(=O)c1nn(-c2cccc(Br)c2)c2ncc(N3CCOCC3)cc12.NC(=O)c1nn(-c2cccc(Br)c2)c2ncc(N3CCOCC3)cc12.[2H]CF. The number of hydrogen-bond donors (Lipinski definition) is 1. The van der Waals surface area contributed by atoms with Gasteiger partial charge in [-0.3, -0.25) is 9.18 Å². The van der Waals surface area contributed by atoms with E-state index in [1.165, 1.54) is 7.11 Å². The van der Waals surface area contributed by atoms with Gasteiger partial charge in [-0.2, -0.15) is 10.2 Å². The lowest BCUT2D eigenvalue weighted by atomic mass is 10.2. The van der Waals surface area contributed by atoms with Crippen molar-refractivity contribution in [2.24, 2.45) is 5.73 Å². The monoisotopic (exact) mass is 868 g/mol. The second-order valence-corrected chi connectivity index (χ2v) is 13.5. The van der Waals surface area contributed by atoms with E-state index in [0.29, 0.717) is 48.5 Å². The number of fused-ring (bicyclic) bond motifs is 2. The van der Waals surface area contributed by atoms with E-state index in [9.17, 15) is 14.0 Å². The third kappa shape index (κ3) is 8.70. The van der Waals surface area contributed by atoms with E-state index in [4.69, 9.17) is 21.3 Å². The fraction of sp³-hybridized carbons (Fsp3) is 0.297. The summed E-state index contributed by atoms with van der Waals surface area (Å²) in [4.78, 5) is 37.7. The first-order valence-electron chi connectivity index (χ1n) is 17.1. The predicted molar refractivity (Wildman–Crippen MR) is 213 cm³/mol. The number of rotatable bonds is 6. The lowest BCUT2D eigenvalue weighted by molar-refractivity contribution is 0.0595. The van der Waals surface area contributed by atoms with Crippen LogP contribution in [0.5, 0.6) is 0 Å². The van der Waals surface area contributed by atoms with E-state index in [1.54, 1.807) is 15.6 Å². The first kappa shape index (κ1) is 38.7. The molecule has 2 aliphatic heterocycles. The van der Waals surface area contributed by atoms with Gasteiger partial charge in [0.15, 0.2) is 22.7 Å². The fourth-order valence-electron chi connectivity index (χ4n) is 5.98. The molecule has 0 radical (unpaired) electrons. The van der Waals surface area contributed by atoms with E-state index in [-0.39, 0.29) is 18.8 Å². The molecule has 1 amide bonds. The topological polar surface area (TPSA) is 156 Å². The second-order valence-electron chi connectivity index (χ2n) is 11.7. The molecule has 0 unspecified atom stereocenters. The summed E-state index contributed by atoms with van der Waals surface area (Å²) in [6.07, 6.45) is 3.61. The van der Waals surface area contributed by atoms with Gasteiger partial charge >= 0.3 is 5.97 Å². The summed E-state index contributed by atoms with van der Waals surface area (Å²) >= 11 is 6.92. The van der Waals surface area contributed by atoms with Crippen molar-refractivity contribution in [3.63, 3.8) is 0 Å². The second kappa shape index (κ2) is 18.4. The summed E-state index contributed by atoms with van der Waals surface area (Å²) in [7, 11) is 0.353. The van der Waals surface area contributed by atoms with Crippen molar-refractivity contribution in [2.45, 2.75) is 7.43 Å². The molecule has 4 aromatic heterocycles. The summed E-state index contributed by atoms with van der Waals surface area (Å²) < 4.78 is 36.3. The maximum Gasteiger partial charge on any atom is 0.359 e. The van der Waals surface area contributed by atoms with E-state index in [2.05, 4.69) is 61.8 Å². The number of alkyl halides is 1. The molecule has 2 aliphatic rings. The van der Waals surface area contributed by atoms with Gasteiger partial charge in [0.1, 0.15) is 0 Å². The Kier molecular flexibility index (Phi) is 13.2. The van der Waals surface area contributed by atoms with Crippen molar-refractivity contribution in [3.05, 3.63) is 93.4 Å². The van der Waals surface area contributed by atoms with Gasteiger partial charge in [0.25, 0.3) is 5.91 Å². The van der Waals surface area contributed by atoms with Gasteiger partial charge in [0, 0.05) is 35.1 Å². The lowest BCUT2D eigenvalue weighted by Gasteiger charge is -2.28. The average molecular weight is 871 g/mol. The smallest absolute Gasteiger partial charge is 0.359 e. The zero-order valence-corrected chi connectivity index (χ0v) is 31.8. The van der Waals surface area contributed by atoms with Crippen molar-refractivity contribution in [1.82, 2.24) is 29.5 Å². The highest BCUT2D eigenvalue weighted by atomic mass is 79.9. The summed E-state index contributed by atoms with van der Waals surface area (Å²) in [6, 6.07) is 19.2. The summed E-state index contributed by atoms with van der Waals surface area (Å²) in [5.41, 5.74) is 10.7. The number of nitrogens with zero attached hydrogens (tertiary/aromatic N) is 8. The van der Waals surface area contributed by atoms with Gasteiger partial charge in [0.2, 0.25) is 0 Å². The third-order valence-electron chi connectivity index (χ3n) is 8.49. The van der Waals surface area contributed by atoms with Crippen LogP contribution in [0.3, 0.4) is 0 Å². The van der Waals surface area contributed by atoms with Crippen LogP contribution in [0.15, 0.2) is 82.0 Å². The average Bonchev–Trinajstić information content (AvgIpc) is 3.78. The van der Waals surface area contributed by atoms with Crippen LogP contribution < -0.4 is 15.5 Å². The van der Waals surface area contributed by atoms with E-state index in [0.717, 1.165) is 57.9 Å². The number of morpholine rings is 2. The zero-order valence-electron chi connectivity index (χ0n) is 29.6. The minimum absolute atomic E-state index is 0. The van der Waals surface area contributed by atoms with Crippen LogP contribution in [0.1, 0.15) is 29.8 Å². The molecule has 0 atom stereocenters. The number of pyridine rings is 2. The molecule has 2 fully saturated rings. The highest BCUT2D eigenvalue weighted by Crippen LogP contribution is 2.28. The summed E-state index contributed by atoms with van der Waals surface area (Å²) in [5, 5.41) is 10.2. The number of ether oxygens (including phenoxy) is 3. The maximum absolute atomic E-state index is 12.3. The third-order valence-corrected chi connectivity index (χ3v) is 9.47. The highest BCUT2D eigenvalue weighted by molar-refractivity contribution is 9.10. The number of primary amides is 1. The Morgan fingerprint density at radius 3 is 1.59 bits per heavy atom. The van der Waals surface area contributed by atoms with Crippen LogP contribution >= 0.6 is 31.9 Å². The quantitative estimate of drug-likeness (QED) is 0.192. The van der Waals surface area contributed by atoms with E-state index >= 15 is 0 Å². The highest BCUT2D eigenvalue weighted by Gasteiger charge is 2.23. The van der Waals surface area contributed by atoms with Gasteiger partial charge in [-0.05, 0) is 48.5 Å². The van der Waals surface area contributed by atoms with Crippen LogP contribution in [0.2, 0.25) is 0 Å². The van der Waals surface area contributed by atoms with Gasteiger partial charge in [0.05, 0.1) is 88.0 Å². The number of aromatic nitrogens is 6. The van der Waals surface area contributed by atoms with Crippen LogP contribution in [0.4, 0.5) is 15.8 Å². The Morgan fingerprint density at radius 2 is 1.19 bits per heavy atom. The number of esters is 1. The minimum Gasteiger partial charge on any atom is -0.464 e. The fourth-order valence-corrected chi connectivity index (χ4v) is 6.75. The molecule has 0 bridgehead atoms. The van der Waals surface area contributed by atoms with Crippen molar-refractivity contribution in [1.29, 1.82) is 0 Å². The van der Waals surface area contributed by atoms with Crippen LogP contribution in [-0.4, -0.2) is 108 Å². The van der Waals surface area contributed by atoms with Crippen molar-refractivity contribution in [2.75, 3.05) is 76.7 Å². The molecule has 0 aliphatic carbocycles. The summed E-state index contributed by atoms with van der Waals surface area (Å²) in [6.45, 7) is 5.88. The Balaban J connectivity index is 0.000000194. The predicted octanol–water partition coefficient (Wildman–Crippen LogP) is 6.15. The number of methoxy groups -OCH3 is 1. The summed E-state index contributed by atoms with van der Waals surface area (Å²) in [5.74, 6) is -1.05. The molecule has 6 aromatic rings. The van der Waals surface area contributed by atoms with Gasteiger partial charge < -0.3 is 29.7 Å². The molecule has 54 heavy (non-hydrogen) atoms. The Hall–Kier alpha value is -4.97. The molecule has 0 spiro atoms. The van der Waals surface area contributed by atoms with Crippen molar-refractivity contribution in [3.8, 4) is 11.4 Å². The number of benzene rings is 2. The Labute approximate surface area is 329 Å². The first-order valence-corrected chi connectivity index (χ1v) is 18.0. The normalized spacial score (nSPS) is 14.3. The van der Waals surface area contributed by atoms with Gasteiger partial charge in [-0.15, -0.1) is 0 Å².